The van der Waals surface area contributed by atoms with E-state index in [1.54, 1.807) is 13.1 Å². The molecule has 2 aromatic rings. The van der Waals surface area contributed by atoms with Gasteiger partial charge in [-0.05, 0) is 12.1 Å². The summed E-state index contributed by atoms with van der Waals surface area (Å²) in [7, 11) is -3.21. The van der Waals surface area contributed by atoms with Crippen molar-refractivity contribution in [2.45, 2.75) is 6.92 Å². The van der Waals surface area contributed by atoms with Gasteiger partial charge < -0.3 is 5.32 Å². The summed E-state index contributed by atoms with van der Waals surface area (Å²) < 4.78 is 26.6. The monoisotopic (exact) mass is 357 g/mol. The lowest BCUT2D eigenvalue weighted by atomic mass is 10.1. The molecule has 0 saturated carbocycles. The molecule has 7 heteroatoms. The summed E-state index contributed by atoms with van der Waals surface area (Å²) >= 11 is 3.49. The number of aromatic nitrogens is 1. The first-order valence-corrected chi connectivity index (χ1v) is 8.72. The smallest absolute Gasteiger partial charge is 0.213 e. The Balaban J connectivity index is 2.13. The van der Waals surface area contributed by atoms with E-state index in [0.717, 1.165) is 15.2 Å². The van der Waals surface area contributed by atoms with Crippen LogP contribution in [0.5, 0.6) is 0 Å². The number of hydrogen-bond acceptors (Lipinski definition) is 4. The highest BCUT2D eigenvalue weighted by Crippen LogP contribution is 2.27. The molecule has 0 saturated heterocycles. The van der Waals surface area contributed by atoms with Gasteiger partial charge in [0.25, 0.3) is 0 Å². The molecule has 0 fully saturated rings. The van der Waals surface area contributed by atoms with Gasteiger partial charge in [0.15, 0.2) is 0 Å². The summed E-state index contributed by atoms with van der Waals surface area (Å²) in [5.74, 6) is 0.711. The highest BCUT2D eigenvalue weighted by molar-refractivity contribution is 9.10. The third kappa shape index (κ3) is 3.68. The second-order valence-corrected chi connectivity index (χ2v) is 7.02. The molecular weight excluding hydrogens is 342 g/mol. The van der Waals surface area contributed by atoms with Crippen molar-refractivity contribution in [3.63, 3.8) is 0 Å². The van der Waals surface area contributed by atoms with Crippen molar-refractivity contribution >= 4 is 42.5 Å². The number of fused-ring (bicyclic) bond motifs is 1. The average molecular weight is 358 g/mol. The van der Waals surface area contributed by atoms with Crippen LogP contribution >= 0.6 is 15.9 Å². The third-order valence-corrected chi connectivity index (χ3v) is 4.94. The van der Waals surface area contributed by atoms with Crippen LogP contribution in [0.15, 0.2) is 34.9 Å². The van der Waals surface area contributed by atoms with E-state index in [1.165, 1.54) is 0 Å². The number of sulfonamides is 1. The van der Waals surface area contributed by atoms with Gasteiger partial charge in [0.05, 0.1) is 5.75 Å². The Kier molecular flexibility index (Phi) is 4.95. The molecule has 5 nitrogen and oxygen atoms in total. The quantitative estimate of drug-likeness (QED) is 0.832. The van der Waals surface area contributed by atoms with Crippen LogP contribution in [0.3, 0.4) is 0 Å². The van der Waals surface area contributed by atoms with Gasteiger partial charge in [-0.2, -0.15) is 0 Å². The van der Waals surface area contributed by atoms with Crippen molar-refractivity contribution in [2.24, 2.45) is 0 Å². The number of pyridine rings is 1. The topological polar surface area (TPSA) is 71.1 Å². The zero-order valence-corrected chi connectivity index (χ0v) is 13.5. The second-order valence-electron chi connectivity index (χ2n) is 4.24. The molecule has 108 valence electrons. The molecule has 0 aliphatic heterocycles. The van der Waals surface area contributed by atoms with Gasteiger partial charge in [-0.15, -0.1) is 0 Å². The van der Waals surface area contributed by atoms with Crippen molar-refractivity contribution in [1.82, 2.24) is 9.71 Å². The number of anilines is 1. The number of halogens is 1. The maximum Gasteiger partial charge on any atom is 0.213 e. The number of benzene rings is 1. The summed E-state index contributed by atoms with van der Waals surface area (Å²) in [5, 5.41) is 5.08. The van der Waals surface area contributed by atoms with Crippen molar-refractivity contribution in [1.29, 1.82) is 0 Å². The van der Waals surface area contributed by atoms with Gasteiger partial charge >= 0.3 is 0 Å². The number of nitrogens with one attached hydrogen (secondary N) is 2. The average Bonchev–Trinajstić information content (AvgIpc) is 2.39. The van der Waals surface area contributed by atoms with Crippen LogP contribution in [0.1, 0.15) is 6.92 Å². The van der Waals surface area contributed by atoms with Crippen molar-refractivity contribution < 1.29 is 8.42 Å². The lowest BCUT2D eigenvalue weighted by molar-refractivity contribution is 0.584. The van der Waals surface area contributed by atoms with Crippen LogP contribution < -0.4 is 10.0 Å². The van der Waals surface area contributed by atoms with Crippen molar-refractivity contribution in [3.05, 3.63) is 34.9 Å². The van der Waals surface area contributed by atoms with E-state index in [4.69, 9.17) is 0 Å². The van der Waals surface area contributed by atoms with E-state index >= 15 is 0 Å². The van der Waals surface area contributed by atoms with Crippen LogP contribution in [0.25, 0.3) is 10.8 Å². The van der Waals surface area contributed by atoms with Gasteiger partial charge in [0, 0.05) is 34.5 Å². The van der Waals surface area contributed by atoms with E-state index in [-0.39, 0.29) is 5.75 Å². The Bertz CT molecular complexity index is 704. The highest BCUT2D eigenvalue weighted by Gasteiger charge is 2.09. The van der Waals surface area contributed by atoms with Crippen molar-refractivity contribution in [3.8, 4) is 0 Å². The molecule has 0 unspecified atom stereocenters. The number of nitrogens with zero attached hydrogens (tertiary/aromatic N) is 1. The largest absolute Gasteiger partial charge is 0.368 e. The summed E-state index contributed by atoms with van der Waals surface area (Å²) in [4.78, 5) is 4.27. The summed E-state index contributed by atoms with van der Waals surface area (Å²) in [6.07, 6.45) is 1.70. The van der Waals surface area contributed by atoms with E-state index < -0.39 is 10.0 Å². The fourth-order valence-electron chi connectivity index (χ4n) is 1.91. The fraction of sp³-hybridized carbons (Fsp3) is 0.308. The van der Waals surface area contributed by atoms with E-state index in [9.17, 15) is 8.42 Å². The van der Waals surface area contributed by atoms with Gasteiger partial charge in [-0.25, -0.2) is 18.1 Å². The Morgan fingerprint density at radius 3 is 2.80 bits per heavy atom. The van der Waals surface area contributed by atoms with Crippen molar-refractivity contribution in [2.75, 3.05) is 24.2 Å². The maximum absolute atomic E-state index is 11.6. The molecule has 0 aliphatic rings. The molecule has 0 radical (unpaired) electrons. The Morgan fingerprint density at radius 1 is 1.25 bits per heavy atom. The molecular formula is C13H16BrN3O2S. The predicted molar refractivity (Wildman–Crippen MR) is 85.4 cm³/mol. The van der Waals surface area contributed by atoms with E-state index in [2.05, 4.69) is 31.0 Å². The normalized spacial score (nSPS) is 11.7. The first kappa shape index (κ1) is 15.2. The van der Waals surface area contributed by atoms with Crippen LogP contribution in [-0.4, -0.2) is 32.2 Å². The molecule has 1 aromatic carbocycles. The van der Waals surface area contributed by atoms with Gasteiger partial charge in [0.1, 0.15) is 5.82 Å². The minimum absolute atomic E-state index is 0.0207. The minimum atomic E-state index is -3.21. The zero-order valence-electron chi connectivity index (χ0n) is 11.1. The highest BCUT2D eigenvalue weighted by atomic mass is 79.9. The summed E-state index contributed by atoms with van der Waals surface area (Å²) in [6, 6.07) is 7.75. The molecule has 0 amide bonds. The third-order valence-electron chi connectivity index (χ3n) is 2.78. The molecule has 0 spiro atoms. The minimum Gasteiger partial charge on any atom is -0.368 e. The van der Waals surface area contributed by atoms with Crippen LogP contribution in [0, 0.1) is 0 Å². The number of hydrogen-bond donors (Lipinski definition) is 2. The Labute approximate surface area is 127 Å². The molecule has 1 heterocycles. The molecule has 2 rings (SSSR count). The molecule has 0 bridgehead atoms. The molecule has 1 aromatic heterocycles. The van der Waals surface area contributed by atoms with Gasteiger partial charge in [0.2, 0.25) is 10.0 Å². The van der Waals surface area contributed by atoms with Gasteiger partial charge in [-0.3, -0.25) is 0 Å². The lowest BCUT2D eigenvalue weighted by Gasteiger charge is -2.10. The predicted octanol–water partition coefficient (Wildman–Crippen LogP) is 2.35. The second kappa shape index (κ2) is 6.51. The summed E-state index contributed by atoms with van der Waals surface area (Å²) in [6.45, 7) is 2.48. The Morgan fingerprint density at radius 2 is 2.05 bits per heavy atom. The first-order valence-electron chi connectivity index (χ1n) is 6.28. The number of rotatable bonds is 6. The Hall–Kier alpha value is -1.18. The summed E-state index contributed by atoms with van der Waals surface area (Å²) in [5.41, 5.74) is 0. The molecule has 0 atom stereocenters. The van der Waals surface area contributed by atoms with Gasteiger partial charge in [-0.1, -0.05) is 35.0 Å². The van der Waals surface area contributed by atoms with E-state index in [1.807, 2.05) is 24.3 Å². The van der Waals surface area contributed by atoms with Crippen LogP contribution in [0.4, 0.5) is 5.82 Å². The maximum atomic E-state index is 11.6. The zero-order chi connectivity index (χ0) is 14.6. The van der Waals surface area contributed by atoms with E-state index in [0.29, 0.717) is 18.9 Å². The molecule has 0 aliphatic carbocycles. The fourth-order valence-corrected chi connectivity index (χ4v) is 3.36. The SMILES string of the molecule is CCNS(=O)(=O)CCNc1nccc2c(Br)cccc12. The molecule has 2 N–H and O–H groups in total. The standard InChI is InChI=1S/C13H16BrN3O2S/c1-2-17-20(18,19)9-8-16-13-11-4-3-5-12(14)10(11)6-7-15-13/h3-7,17H,2,8-9H2,1H3,(H,15,16). The lowest BCUT2D eigenvalue weighted by Crippen LogP contribution is -2.29. The molecule has 20 heavy (non-hydrogen) atoms. The first-order chi connectivity index (χ1) is 9.53. The van der Waals surface area contributed by atoms with Crippen LogP contribution in [0.2, 0.25) is 0 Å². The van der Waals surface area contributed by atoms with Crippen LogP contribution in [-0.2, 0) is 10.0 Å².